The molecule has 25 heavy (non-hydrogen) atoms. The van der Waals surface area contributed by atoms with E-state index in [1.54, 1.807) is 0 Å². The minimum absolute atomic E-state index is 0.120. The zero-order valence-electron chi connectivity index (χ0n) is 13.5. The lowest BCUT2D eigenvalue weighted by Crippen LogP contribution is -2.26. The summed E-state index contributed by atoms with van der Waals surface area (Å²) in [6.45, 7) is 0.670. The first kappa shape index (κ1) is 15.6. The van der Waals surface area contributed by atoms with Gasteiger partial charge in [0.05, 0.1) is 24.4 Å². The summed E-state index contributed by atoms with van der Waals surface area (Å²) in [6.07, 6.45) is 5.73. The van der Waals surface area contributed by atoms with Gasteiger partial charge < -0.3 is 21.0 Å². The van der Waals surface area contributed by atoms with Crippen LogP contribution in [0.5, 0.6) is 0 Å². The van der Waals surface area contributed by atoms with E-state index in [-0.39, 0.29) is 11.8 Å². The van der Waals surface area contributed by atoms with Crippen molar-refractivity contribution in [3.05, 3.63) is 54.2 Å². The fourth-order valence-electron chi connectivity index (χ4n) is 3.53. The highest BCUT2D eigenvalue weighted by atomic mass is 16.2. The first-order chi connectivity index (χ1) is 12.2. The van der Waals surface area contributed by atoms with Crippen LogP contribution in [0.15, 0.2) is 43.0 Å². The second kappa shape index (κ2) is 6.18. The third kappa shape index (κ3) is 2.83. The Balaban J connectivity index is 1.40. The summed E-state index contributed by atoms with van der Waals surface area (Å²) in [4.78, 5) is 34.0. The topological polar surface area (TPSA) is 117 Å². The summed E-state index contributed by atoms with van der Waals surface area (Å²) in [6, 6.07) is 7.91. The number of fused-ring (bicyclic) bond motifs is 1. The number of Topliss-reactive ketones (excluding diaryl/α,β-unsaturated/α-hetero) is 1. The van der Waals surface area contributed by atoms with E-state index >= 15 is 0 Å². The Bertz CT molecular complexity index is 915. The zero-order chi connectivity index (χ0) is 17.4. The number of ketones is 1. The van der Waals surface area contributed by atoms with Crippen molar-refractivity contribution in [2.75, 3.05) is 6.54 Å². The molecule has 1 unspecified atom stereocenters. The number of hydrogen-bond acceptors (Lipinski definition) is 4. The average molecular weight is 337 g/mol. The van der Waals surface area contributed by atoms with E-state index in [0.717, 1.165) is 11.9 Å². The number of hydrogen-bond donors (Lipinski definition) is 4. The second-order valence-corrected chi connectivity index (χ2v) is 6.37. The quantitative estimate of drug-likeness (QED) is 0.481. The number of nitrogens with one attached hydrogen (secondary N) is 3. The molecule has 1 aliphatic rings. The van der Waals surface area contributed by atoms with Crippen LogP contribution in [0.4, 0.5) is 0 Å². The predicted molar refractivity (Wildman–Crippen MR) is 92.9 cm³/mol. The summed E-state index contributed by atoms with van der Waals surface area (Å²) in [7, 11) is 0. The third-order valence-corrected chi connectivity index (χ3v) is 4.86. The number of rotatable bonds is 7. The van der Waals surface area contributed by atoms with Crippen LogP contribution in [-0.2, 0) is 11.2 Å². The molecule has 0 spiro atoms. The normalized spacial score (nSPS) is 22.2. The van der Waals surface area contributed by atoms with Gasteiger partial charge in [0.2, 0.25) is 5.91 Å². The van der Waals surface area contributed by atoms with E-state index in [4.69, 9.17) is 5.73 Å². The number of benzene rings is 1. The number of aromatic amines is 2. The van der Waals surface area contributed by atoms with Crippen LogP contribution >= 0.6 is 0 Å². The maximum Gasteiger partial charge on any atom is 0.222 e. The van der Waals surface area contributed by atoms with Crippen molar-refractivity contribution in [3.8, 4) is 0 Å². The molecular formula is C18H19N5O2. The third-order valence-electron chi connectivity index (χ3n) is 4.86. The Kier molecular flexibility index (Phi) is 3.85. The summed E-state index contributed by atoms with van der Waals surface area (Å²) in [5.41, 5.74) is 8.17. The number of nitrogens with zero attached hydrogens (tertiary/aromatic N) is 1. The van der Waals surface area contributed by atoms with E-state index in [9.17, 15) is 9.59 Å². The van der Waals surface area contributed by atoms with E-state index in [1.165, 1.54) is 23.5 Å². The van der Waals surface area contributed by atoms with Crippen molar-refractivity contribution in [2.24, 2.45) is 17.6 Å². The Hall–Kier alpha value is -2.93. The Morgan fingerprint density at radius 2 is 2.04 bits per heavy atom. The largest absolute Gasteiger partial charge is 0.369 e. The summed E-state index contributed by atoms with van der Waals surface area (Å²) < 4.78 is 0. The molecule has 7 nitrogen and oxygen atoms in total. The van der Waals surface area contributed by atoms with Crippen molar-refractivity contribution < 1.29 is 9.59 Å². The number of H-pyrrole nitrogens is 2. The van der Waals surface area contributed by atoms with E-state index < -0.39 is 17.7 Å². The van der Waals surface area contributed by atoms with Crippen molar-refractivity contribution in [2.45, 2.75) is 12.5 Å². The van der Waals surface area contributed by atoms with Gasteiger partial charge in [-0.3, -0.25) is 9.59 Å². The molecule has 0 aliphatic heterocycles. The molecule has 2 aromatic heterocycles. The molecule has 0 bridgehead atoms. The van der Waals surface area contributed by atoms with Crippen LogP contribution in [0.25, 0.3) is 10.9 Å². The Morgan fingerprint density at radius 1 is 1.20 bits per heavy atom. The SMILES string of the molecule is NC(=O)[C@@H]1C(NCCc2c[nH]c3ccccc23)[C@@H]1C(=O)c1cnc[nH]1. The lowest BCUT2D eigenvalue weighted by molar-refractivity contribution is -0.119. The van der Waals surface area contributed by atoms with Crippen LogP contribution < -0.4 is 11.1 Å². The number of para-hydroxylation sites is 1. The Morgan fingerprint density at radius 3 is 2.80 bits per heavy atom. The van der Waals surface area contributed by atoms with E-state index in [2.05, 4.69) is 26.3 Å². The lowest BCUT2D eigenvalue weighted by atomic mass is 10.1. The number of carbonyl (C=O) groups excluding carboxylic acids is 2. The van der Waals surface area contributed by atoms with Gasteiger partial charge in [0.1, 0.15) is 5.69 Å². The highest BCUT2D eigenvalue weighted by molar-refractivity contribution is 6.03. The van der Waals surface area contributed by atoms with Gasteiger partial charge in [-0.15, -0.1) is 0 Å². The maximum absolute atomic E-state index is 12.4. The molecule has 5 N–H and O–H groups in total. The summed E-state index contributed by atoms with van der Waals surface area (Å²) in [5.74, 6) is -1.44. The minimum atomic E-state index is -0.459. The van der Waals surface area contributed by atoms with Gasteiger partial charge in [0, 0.05) is 23.1 Å². The number of nitrogens with two attached hydrogens (primary N) is 1. The molecule has 1 amide bonds. The van der Waals surface area contributed by atoms with Crippen molar-refractivity contribution >= 4 is 22.6 Å². The summed E-state index contributed by atoms with van der Waals surface area (Å²) in [5, 5.41) is 4.51. The first-order valence-corrected chi connectivity index (χ1v) is 8.27. The molecule has 1 aromatic carbocycles. The fourth-order valence-corrected chi connectivity index (χ4v) is 3.53. The zero-order valence-corrected chi connectivity index (χ0v) is 13.5. The second-order valence-electron chi connectivity index (χ2n) is 6.37. The monoisotopic (exact) mass is 337 g/mol. The van der Waals surface area contributed by atoms with Crippen LogP contribution in [0.2, 0.25) is 0 Å². The van der Waals surface area contributed by atoms with Crippen LogP contribution in [0, 0.1) is 11.8 Å². The summed E-state index contributed by atoms with van der Waals surface area (Å²) >= 11 is 0. The van der Waals surface area contributed by atoms with Crippen molar-refractivity contribution in [1.82, 2.24) is 20.3 Å². The highest BCUT2D eigenvalue weighted by Gasteiger charge is 2.58. The molecule has 1 fully saturated rings. The Labute approximate surface area is 144 Å². The molecule has 0 saturated heterocycles. The molecule has 1 saturated carbocycles. The maximum atomic E-state index is 12.4. The number of carbonyl (C=O) groups is 2. The first-order valence-electron chi connectivity index (χ1n) is 8.27. The number of imidazole rings is 1. The highest BCUT2D eigenvalue weighted by Crippen LogP contribution is 2.41. The standard InChI is InChI=1S/C18H19N5O2/c19-18(25)15-14(17(24)13-8-20-9-23-13)16(15)21-6-5-10-7-22-12-4-2-1-3-11(10)12/h1-4,7-9,14-16,21-22H,5-6H2,(H2,19,25)(H,20,23)/t14-,15+,16?/m1/s1. The predicted octanol–water partition coefficient (Wildman–Crippen LogP) is 1.01. The fraction of sp³-hybridized carbons (Fsp3) is 0.278. The van der Waals surface area contributed by atoms with Gasteiger partial charge in [-0.25, -0.2) is 4.98 Å². The van der Waals surface area contributed by atoms with Crippen LogP contribution in [0.1, 0.15) is 16.1 Å². The van der Waals surface area contributed by atoms with E-state index in [1.807, 2.05) is 24.4 Å². The molecule has 0 radical (unpaired) electrons. The smallest absolute Gasteiger partial charge is 0.222 e. The van der Waals surface area contributed by atoms with Crippen molar-refractivity contribution in [3.63, 3.8) is 0 Å². The molecule has 2 heterocycles. The number of primary amides is 1. The lowest BCUT2D eigenvalue weighted by Gasteiger charge is -2.03. The van der Waals surface area contributed by atoms with Gasteiger partial charge in [0.25, 0.3) is 0 Å². The number of aromatic nitrogens is 3. The van der Waals surface area contributed by atoms with Crippen LogP contribution in [-0.4, -0.2) is 39.2 Å². The van der Waals surface area contributed by atoms with Crippen LogP contribution in [0.3, 0.4) is 0 Å². The molecule has 1 aliphatic carbocycles. The molecule has 4 rings (SSSR count). The average Bonchev–Trinajstić information content (AvgIpc) is 2.97. The van der Waals surface area contributed by atoms with Gasteiger partial charge in [0.15, 0.2) is 5.78 Å². The van der Waals surface area contributed by atoms with E-state index in [0.29, 0.717) is 12.2 Å². The molecule has 128 valence electrons. The van der Waals surface area contributed by atoms with Gasteiger partial charge in [-0.05, 0) is 24.6 Å². The van der Waals surface area contributed by atoms with Gasteiger partial charge in [-0.2, -0.15) is 0 Å². The molecular weight excluding hydrogens is 318 g/mol. The molecule has 7 heteroatoms. The van der Waals surface area contributed by atoms with Gasteiger partial charge in [-0.1, -0.05) is 18.2 Å². The van der Waals surface area contributed by atoms with Gasteiger partial charge >= 0.3 is 0 Å². The molecule has 3 atom stereocenters. The van der Waals surface area contributed by atoms with Crippen molar-refractivity contribution in [1.29, 1.82) is 0 Å². The minimum Gasteiger partial charge on any atom is -0.369 e. The molecule has 3 aromatic rings. The number of amides is 1.